The van der Waals surface area contributed by atoms with Crippen LogP contribution < -0.4 is 16.0 Å². The molecule has 7 nitrogen and oxygen atoms in total. The van der Waals surface area contributed by atoms with Crippen LogP contribution in [-0.4, -0.2) is 31.2 Å². The van der Waals surface area contributed by atoms with Crippen molar-refractivity contribution in [3.63, 3.8) is 0 Å². The van der Waals surface area contributed by atoms with E-state index in [9.17, 15) is 9.59 Å². The number of furan rings is 1. The molecule has 144 valence electrons. The van der Waals surface area contributed by atoms with Crippen LogP contribution in [0.1, 0.15) is 40.3 Å². The van der Waals surface area contributed by atoms with Crippen LogP contribution in [0, 0.1) is 20.8 Å². The number of ether oxygens (including phenoxy) is 1. The number of urea groups is 1. The SMILES string of the molecule is Cc1oc(C)c(C(=O)Nc2ccc(NC(=O)NCC3CCCO3)cc2)c1C. The van der Waals surface area contributed by atoms with Crippen molar-refractivity contribution in [1.82, 2.24) is 5.32 Å². The molecule has 0 spiro atoms. The molecular weight excluding hydrogens is 346 g/mol. The minimum Gasteiger partial charge on any atom is -0.466 e. The predicted molar refractivity (Wildman–Crippen MR) is 103 cm³/mol. The van der Waals surface area contributed by atoms with Gasteiger partial charge in [-0.25, -0.2) is 4.79 Å². The lowest BCUT2D eigenvalue weighted by Crippen LogP contribution is -2.35. The molecule has 0 radical (unpaired) electrons. The van der Waals surface area contributed by atoms with E-state index in [2.05, 4.69) is 16.0 Å². The van der Waals surface area contributed by atoms with Gasteiger partial charge in [-0.3, -0.25) is 4.79 Å². The van der Waals surface area contributed by atoms with E-state index in [0.717, 1.165) is 30.8 Å². The van der Waals surface area contributed by atoms with E-state index in [-0.39, 0.29) is 18.0 Å². The van der Waals surface area contributed by atoms with Gasteiger partial charge in [-0.1, -0.05) is 0 Å². The zero-order valence-electron chi connectivity index (χ0n) is 15.8. The molecule has 1 aromatic carbocycles. The highest BCUT2D eigenvalue weighted by atomic mass is 16.5. The lowest BCUT2D eigenvalue weighted by Gasteiger charge is -2.12. The summed E-state index contributed by atoms with van der Waals surface area (Å²) in [5.74, 6) is 1.13. The predicted octanol–water partition coefficient (Wildman–Crippen LogP) is 3.76. The van der Waals surface area contributed by atoms with Gasteiger partial charge in [0.2, 0.25) is 0 Å². The number of hydrogen-bond donors (Lipinski definition) is 3. The summed E-state index contributed by atoms with van der Waals surface area (Å²) in [4.78, 5) is 24.4. The molecular formula is C20H25N3O4. The average molecular weight is 371 g/mol. The Hall–Kier alpha value is -2.80. The van der Waals surface area contributed by atoms with Crippen molar-refractivity contribution in [2.45, 2.75) is 39.7 Å². The molecule has 0 saturated carbocycles. The van der Waals surface area contributed by atoms with Crippen molar-refractivity contribution in [2.75, 3.05) is 23.8 Å². The van der Waals surface area contributed by atoms with Crippen molar-refractivity contribution in [3.05, 3.63) is 46.9 Å². The number of aryl methyl sites for hydroxylation is 2. The summed E-state index contributed by atoms with van der Waals surface area (Å²) < 4.78 is 11.0. The minimum absolute atomic E-state index is 0.104. The van der Waals surface area contributed by atoms with Crippen LogP contribution in [-0.2, 0) is 4.74 Å². The van der Waals surface area contributed by atoms with Gasteiger partial charge in [0.25, 0.3) is 5.91 Å². The third-order valence-corrected chi connectivity index (χ3v) is 4.70. The Morgan fingerprint density at radius 1 is 1.04 bits per heavy atom. The molecule has 1 fully saturated rings. The summed E-state index contributed by atoms with van der Waals surface area (Å²) in [7, 11) is 0. The Morgan fingerprint density at radius 2 is 1.70 bits per heavy atom. The number of anilines is 2. The molecule has 0 aliphatic carbocycles. The smallest absolute Gasteiger partial charge is 0.319 e. The molecule has 1 aliphatic rings. The van der Waals surface area contributed by atoms with Gasteiger partial charge in [0.05, 0.1) is 11.7 Å². The van der Waals surface area contributed by atoms with Crippen molar-refractivity contribution in [2.24, 2.45) is 0 Å². The van der Waals surface area contributed by atoms with Gasteiger partial charge in [-0.05, 0) is 57.9 Å². The molecule has 2 heterocycles. The summed E-state index contributed by atoms with van der Waals surface area (Å²) in [6.45, 7) is 6.74. The summed E-state index contributed by atoms with van der Waals surface area (Å²) in [6, 6.07) is 6.68. The van der Waals surface area contributed by atoms with Gasteiger partial charge >= 0.3 is 6.03 Å². The van der Waals surface area contributed by atoms with E-state index in [4.69, 9.17) is 9.15 Å². The number of rotatable bonds is 5. The van der Waals surface area contributed by atoms with E-state index < -0.39 is 0 Å². The first-order valence-electron chi connectivity index (χ1n) is 9.08. The first kappa shape index (κ1) is 19.0. The number of hydrogen-bond acceptors (Lipinski definition) is 4. The maximum absolute atomic E-state index is 12.5. The normalized spacial score (nSPS) is 16.2. The van der Waals surface area contributed by atoms with Crippen molar-refractivity contribution >= 4 is 23.3 Å². The van der Waals surface area contributed by atoms with E-state index >= 15 is 0 Å². The van der Waals surface area contributed by atoms with Gasteiger partial charge in [0.15, 0.2) is 0 Å². The Bertz CT molecular complexity index is 820. The highest BCUT2D eigenvalue weighted by molar-refractivity contribution is 6.06. The van der Waals surface area contributed by atoms with Crippen molar-refractivity contribution in [1.29, 1.82) is 0 Å². The third-order valence-electron chi connectivity index (χ3n) is 4.70. The zero-order valence-corrected chi connectivity index (χ0v) is 15.8. The molecule has 1 atom stereocenters. The second kappa shape index (κ2) is 8.26. The molecule has 3 rings (SSSR count). The minimum atomic E-state index is -0.276. The Balaban J connectivity index is 1.53. The third kappa shape index (κ3) is 4.68. The van der Waals surface area contributed by atoms with Gasteiger partial charge in [-0.15, -0.1) is 0 Å². The van der Waals surface area contributed by atoms with Gasteiger partial charge in [0.1, 0.15) is 11.5 Å². The molecule has 2 aromatic rings. The number of nitrogens with one attached hydrogen (secondary N) is 3. The molecule has 3 N–H and O–H groups in total. The highest BCUT2D eigenvalue weighted by Gasteiger charge is 2.19. The first-order valence-corrected chi connectivity index (χ1v) is 9.08. The van der Waals surface area contributed by atoms with Gasteiger partial charge in [0, 0.05) is 30.1 Å². The number of carbonyl (C=O) groups is 2. The summed E-state index contributed by atoms with van der Waals surface area (Å²) in [5.41, 5.74) is 2.68. The molecule has 27 heavy (non-hydrogen) atoms. The van der Waals surface area contributed by atoms with E-state index in [1.165, 1.54) is 0 Å². The molecule has 1 aromatic heterocycles. The lowest BCUT2D eigenvalue weighted by molar-refractivity contribution is 0.102. The van der Waals surface area contributed by atoms with Gasteiger partial charge in [-0.2, -0.15) is 0 Å². The maximum atomic E-state index is 12.5. The quantitative estimate of drug-likeness (QED) is 0.746. The van der Waals surface area contributed by atoms with Crippen LogP contribution in [0.25, 0.3) is 0 Å². The summed E-state index contributed by atoms with van der Waals surface area (Å²) >= 11 is 0. The molecule has 3 amide bonds. The highest BCUT2D eigenvalue weighted by Crippen LogP contribution is 2.22. The second-order valence-corrected chi connectivity index (χ2v) is 6.72. The fourth-order valence-electron chi connectivity index (χ4n) is 3.15. The number of carbonyl (C=O) groups excluding carboxylic acids is 2. The molecule has 1 saturated heterocycles. The number of benzene rings is 1. The van der Waals surface area contributed by atoms with E-state index in [0.29, 0.717) is 29.2 Å². The van der Waals surface area contributed by atoms with Crippen LogP contribution in [0.2, 0.25) is 0 Å². The van der Waals surface area contributed by atoms with Crippen molar-refractivity contribution < 1.29 is 18.7 Å². The van der Waals surface area contributed by atoms with E-state index in [1.807, 2.05) is 13.8 Å². The van der Waals surface area contributed by atoms with E-state index in [1.54, 1.807) is 31.2 Å². The molecule has 7 heteroatoms. The Labute approximate surface area is 158 Å². The summed E-state index contributed by atoms with van der Waals surface area (Å²) in [6.07, 6.45) is 2.12. The average Bonchev–Trinajstić information content (AvgIpc) is 3.23. The van der Waals surface area contributed by atoms with Crippen LogP contribution >= 0.6 is 0 Å². The van der Waals surface area contributed by atoms with Crippen LogP contribution in [0.5, 0.6) is 0 Å². The first-order chi connectivity index (χ1) is 12.9. The Morgan fingerprint density at radius 3 is 2.26 bits per heavy atom. The molecule has 0 bridgehead atoms. The lowest BCUT2D eigenvalue weighted by atomic mass is 10.1. The molecule has 1 unspecified atom stereocenters. The summed E-state index contributed by atoms with van der Waals surface area (Å²) in [5, 5.41) is 8.42. The monoisotopic (exact) mass is 371 g/mol. The Kier molecular flexibility index (Phi) is 5.81. The fourth-order valence-corrected chi connectivity index (χ4v) is 3.15. The largest absolute Gasteiger partial charge is 0.466 e. The molecule has 1 aliphatic heterocycles. The zero-order chi connectivity index (χ0) is 19.4. The topological polar surface area (TPSA) is 92.6 Å². The maximum Gasteiger partial charge on any atom is 0.319 e. The van der Waals surface area contributed by atoms with Crippen molar-refractivity contribution in [3.8, 4) is 0 Å². The standard InChI is InChI=1S/C20H25N3O4/c1-12-13(2)27-14(3)18(12)19(24)22-15-6-8-16(9-7-15)23-20(25)21-11-17-5-4-10-26-17/h6-9,17H,4-5,10-11H2,1-3H3,(H,22,24)(H2,21,23,25). The van der Waals surface area contributed by atoms with Gasteiger partial charge < -0.3 is 25.1 Å². The van der Waals surface area contributed by atoms with Crippen LogP contribution in [0.4, 0.5) is 16.2 Å². The van der Waals surface area contributed by atoms with Crippen LogP contribution in [0.3, 0.4) is 0 Å². The number of amides is 3. The fraction of sp³-hybridized carbons (Fsp3) is 0.400. The van der Waals surface area contributed by atoms with Crippen LogP contribution in [0.15, 0.2) is 28.7 Å². The second-order valence-electron chi connectivity index (χ2n) is 6.72.